The largest absolute Gasteiger partial charge is 0.465 e. The van der Waals surface area contributed by atoms with Crippen LogP contribution >= 0.6 is 0 Å². The summed E-state index contributed by atoms with van der Waals surface area (Å²) >= 11 is 0. The Kier molecular flexibility index (Phi) is 4.28. The van der Waals surface area contributed by atoms with Crippen LogP contribution in [0.25, 0.3) is 0 Å². The van der Waals surface area contributed by atoms with Crippen LogP contribution in [-0.4, -0.2) is 17.4 Å². The van der Waals surface area contributed by atoms with Gasteiger partial charge in [-0.3, -0.25) is 9.78 Å². The molecule has 1 atom stereocenters. The first-order valence-electron chi connectivity index (χ1n) is 5.50. The summed E-state index contributed by atoms with van der Waals surface area (Å²) in [5.74, 6) is -0.508. The van der Waals surface area contributed by atoms with Crippen molar-refractivity contribution in [2.75, 3.05) is 0 Å². The summed E-state index contributed by atoms with van der Waals surface area (Å²) in [7, 11) is 0. The van der Waals surface area contributed by atoms with E-state index in [-0.39, 0.29) is 18.8 Å². The highest BCUT2D eigenvalue weighted by Gasteiger charge is 2.26. The molecule has 0 saturated heterocycles. The predicted octanol–water partition coefficient (Wildman–Crippen LogP) is 1.63. The molecular weight excluding hydrogens is 250 g/mol. The quantitative estimate of drug-likeness (QED) is 0.581. The van der Waals surface area contributed by atoms with Gasteiger partial charge in [0.05, 0.1) is 12.0 Å². The molecule has 0 bridgehead atoms. The number of ether oxygens (including phenoxy) is 2. The molecule has 2 aromatic heterocycles. The third-order valence-electron chi connectivity index (χ3n) is 2.30. The lowest BCUT2D eigenvalue weighted by Gasteiger charge is -2.11. The molecule has 98 valence electrons. The minimum atomic E-state index is -1.20. The molecule has 0 saturated carbocycles. The molecule has 2 aromatic rings. The van der Waals surface area contributed by atoms with Gasteiger partial charge in [0.15, 0.2) is 5.76 Å². The normalized spacial score (nSPS) is 11.6. The van der Waals surface area contributed by atoms with Crippen LogP contribution in [0, 0.1) is 0 Å². The van der Waals surface area contributed by atoms with E-state index in [9.17, 15) is 9.59 Å². The van der Waals surface area contributed by atoms with Crippen molar-refractivity contribution < 1.29 is 23.5 Å². The number of carbonyl (C=O) groups is 2. The summed E-state index contributed by atoms with van der Waals surface area (Å²) in [5, 5.41) is 0. The number of nitrogens with zero attached hydrogens (tertiary/aromatic N) is 1. The molecule has 0 aliphatic carbocycles. The smallest absolute Gasteiger partial charge is 0.355 e. The standard InChI is InChI=1S/C13H11NO5/c15-9-19-12(11-5-3-7-17-11)13(16)18-8-10-4-1-2-6-14-10/h1-7,9,12H,8H2. The zero-order valence-corrected chi connectivity index (χ0v) is 9.89. The lowest BCUT2D eigenvalue weighted by atomic mass is 10.3. The number of carbonyl (C=O) groups excluding carboxylic acids is 2. The zero-order chi connectivity index (χ0) is 13.5. The summed E-state index contributed by atoms with van der Waals surface area (Å²) in [6.45, 7) is 0.175. The highest BCUT2D eigenvalue weighted by molar-refractivity contribution is 5.76. The summed E-state index contributed by atoms with van der Waals surface area (Å²) < 4.78 is 14.7. The molecule has 0 radical (unpaired) electrons. The molecule has 1 unspecified atom stereocenters. The number of furan rings is 1. The van der Waals surface area contributed by atoms with E-state index in [1.54, 1.807) is 30.5 Å². The van der Waals surface area contributed by atoms with Crippen molar-refractivity contribution in [1.29, 1.82) is 0 Å². The summed E-state index contributed by atoms with van der Waals surface area (Å²) in [6.07, 6.45) is 1.77. The van der Waals surface area contributed by atoms with Gasteiger partial charge in [0, 0.05) is 6.20 Å². The Balaban J connectivity index is 1.98. The molecule has 0 aliphatic rings. The van der Waals surface area contributed by atoms with E-state index >= 15 is 0 Å². The monoisotopic (exact) mass is 261 g/mol. The van der Waals surface area contributed by atoms with Crippen molar-refractivity contribution in [2.24, 2.45) is 0 Å². The van der Waals surface area contributed by atoms with Crippen molar-refractivity contribution in [1.82, 2.24) is 4.98 Å². The van der Waals surface area contributed by atoms with Crippen LogP contribution < -0.4 is 0 Å². The second kappa shape index (κ2) is 6.34. The van der Waals surface area contributed by atoms with E-state index in [0.717, 1.165) is 0 Å². The van der Waals surface area contributed by atoms with Gasteiger partial charge in [0.25, 0.3) is 12.6 Å². The van der Waals surface area contributed by atoms with Crippen LogP contribution in [0.4, 0.5) is 0 Å². The molecule has 0 amide bonds. The highest BCUT2D eigenvalue weighted by atomic mass is 16.6. The topological polar surface area (TPSA) is 78.6 Å². The van der Waals surface area contributed by atoms with Crippen LogP contribution in [0.3, 0.4) is 0 Å². The Hall–Kier alpha value is -2.63. The third kappa shape index (κ3) is 3.41. The third-order valence-corrected chi connectivity index (χ3v) is 2.30. The number of pyridine rings is 1. The minimum absolute atomic E-state index is 0.000894. The first kappa shape index (κ1) is 12.8. The van der Waals surface area contributed by atoms with Gasteiger partial charge < -0.3 is 13.9 Å². The fourth-order valence-electron chi connectivity index (χ4n) is 1.44. The zero-order valence-electron chi connectivity index (χ0n) is 9.89. The van der Waals surface area contributed by atoms with Crippen LogP contribution in [0.5, 0.6) is 0 Å². The second-order valence-electron chi connectivity index (χ2n) is 3.56. The lowest BCUT2D eigenvalue weighted by molar-refractivity contribution is -0.164. The molecule has 0 aliphatic heterocycles. The fourth-order valence-corrected chi connectivity index (χ4v) is 1.44. The van der Waals surface area contributed by atoms with Crippen molar-refractivity contribution >= 4 is 12.4 Å². The maximum atomic E-state index is 11.8. The van der Waals surface area contributed by atoms with Gasteiger partial charge in [-0.15, -0.1) is 0 Å². The van der Waals surface area contributed by atoms with Crippen molar-refractivity contribution in [2.45, 2.75) is 12.7 Å². The maximum Gasteiger partial charge on any atom is 0.355 e. The van der Waals surface area contributed by atoms with E-state index < -0.39 is 12.1 Å². The molecule has 2 heterocycles. The van der Waals surface area contributed by atoms with Crippen molar-refractivity contribution in [3.8, 4) is 0 Å². The highest BCUT2D eigenvalue weighted by Crippen LogP contribution is 2.19. The molecule has 6 heteroatoms. The number of hydrogen-bond donors (Lipinski definition) is 0. The van der Waals surface area contributed by atoms with E-state index in [1.165, 1.54) is 12.3 Å². The Morgan fingerprint density at radius 2 is 2.26 bits per heavy atom. The van der Waals surface area contributed by atoms with Gasteiger partial charge in [-0.1, -0.05) is 6.07 Å². The summed E-state index contributed by atoms with van der Waals surface area (Å²) in [6, 6.07) is 8.36. The Labute approximate surface area is 109 Å². The van der Waals surface area contributed by atoms with Gasteiger partial charge in [-0.25, -0.2) is 4.79 Å². The fraction of sp³-hybridized carbons (Fsp3) is 0.154. The van der Waals surface area contributed by atoms with Gasteiger partial charge in [-0.2, -0.15) is 0 Å². The summed E-state index contributed by atoms with van der Waals surface area (Å²) in [4.78, 5) is 26.2. The molecule has 0 N–H and O–H groups in total. The predicted molar refractivity (Wildman–Crippen MR) is 62.6 cm³/mol. The molecule has 0 fully saturated rings. The van der Waals surface area contributed by atoms with E-state index in [0.29, 0.717) is 5.69 Å². The Morgan fingerprint density at radius 3 is 2.89 bits per heavy atom. The average Bonchev–Trinajstić information content (AvgIpc) is 2.97. The van der Waals surface area contributed by atoms with Crippen LogP contribution in [0.15, 0.2) is 47.2 Å². The maximum absolute atomic E-state index is 11.8. The second-order valence-corrected chi connectivity index (χ2v) is 3.56. The molecular formula is C13H11NO5. The SMILES string of the molecule is O=COC(C(=O)OCc1ccccn1)c1ccco1. The number of rotatable bonds is 6. The first-order valence-corrected chi connectivity index (χ1v) is 5.50. The molecule has 0 spiro atoms. The average molecular weight is 261 g/mol. The Bertz CT molecular complexity index is 523. The van der Waals surface area contributed by atoms with Crippen molar-refractivity contribution in [3.05, 3.63) is 54.2 Å². The molecule has 6 nitrogen and oxygen atoms in total. The number of esters is 1. The van der Waals surface area contributed by atoms with Crippen LogP contribution in [0.1, 0.15) is 17.6 Å². The first-order chi connectivity index (χ1) is 9.31. The lowest BCUT2D eigenvalue weighted by Crippen LogP contribution is -2.18. The molecule has 19 heavy (non-hydrogen) atoms. The number of aromatic nitrogens is 1. The van der Waals surface area contributed by atoms with Gasteiger partial charge in [0.1, 0.15) is 6.61 Å². The van der Waals surface area contributed by atoms with Crippen LogP contribution in [0.2, 0.25) is 0 Å². The van der Waals surface area contributed by atoms with E-state index in [2.05, 4.69) is 9.72 Å². The number of hydrogen-bond acceptors (Lipinski definition) is 6. The minimum Gasteiger partial charge on any atom is -0.465 e. The van der Waals surface area contributed by atoms with Crippen LogP contribution in [-0.2, 0) is 25.7 Å². The van der Waals surface area contributed by atoms with E-state index in [1.807, 2.05) is 0 Å². The van der Waals surface area contributed by atoms with Gasteiger partial charge >= 0.3 is 5.97 Å². The molecule has 0 aromatic carbocycles. The van der Waals surface area contributed by atoms with E-state index in [4.69, 9.17) is 9.15 Å². The van der Waals surface area contributed by atoms with Gasteiger partial charge in [0.2, 0.25) is 0 Å². The van der Waals surface area contributed by atoms with Crippen molar-refractivity contribution in [3.63, 3.8) is 0 Å². The molecule has 2 rings (SSSR count). The Morgan fingerprint density at radius 1 is 1.37 bits per heavy atom. The van der Waals surface area contributed by atoms with Gasteiger partial charge in [-0.05, 0) is 24.3 Å². The summed E-state index contributed by atoms with van der Waals surface area (Å²) in [5.41, 5.74) is 0.597.